The summed E-state index contributed by atoms with van der Waals surface area (Å²) in [5.41, 5.74) is 1.85. The second-order valence-electron chi connectivity index (χ2n) is 8.04. The Kier molecular flexibility index (Phi) is 5.84. The van der Waals surface area contributed by atoms with E-state index in [0.717, 1.165) is 0 Å². The van der Waals surface area contributed by atoms with Crippen LogP contribution >= 0.6 is 11.6 Å². The molecule has 1 heterocycles. The van der Waals surface area contributed by atoms with Gasteiger partial charge in [0.1, 0.15) is 6.04 Å². The Balaban J connectivity index is 1.77. The average Bonchev–Trinajstić information content (AvgIpc) is 3.12. The highest BCUT2D eigenvalue weighted by molar-refractivity contribution is 7.89. The fourth-order valence-corrected chi connectivity index (χ4v) is 5.09. The van der Waals surface area contributed by atoms with Gasteiger partial charge < -0.3 is 5.32 Å². The van der Waals surface area contributed by atoms with Crippen molar-refractivity contribution in [3.05, 3.63) is 59.1 Å². The molecule has 0 aromatic heterocycles. The lowest BCUT2D eigenvalue weighted by molar-refractivity contribution is -0.119. The number of carbonyl (C=O) groups excluding carboxylic acids is 1. The van der Waals surface area contributed by atoms with Crippen LogP contribution in [0.2, 0.25) is 5.02 Å². The third kappa shape index (κ3) is 4.40. The molecule has 0 bridgehead atoms. The number of nitrogens with zero attached hydrogens (tertiary/aromatic N) is 1. The lowest BCUT2D eigenvalue weighted by Gasteiger charge is -2.24. The molecule has 0 aliphatic carbocycles. The molecule has 0 spiro atoms. The van der Waals surface area contributed by atoms with E-state index < -0.39 is 16.1 Å². The van der Waals surface area contributed by atoms with E-state index in [1.807, 2.05) is 24.3 Å². The first-order valence-corrected chi connectivity index (χ1v) is 11.1. The van der Waals surface area contributed by atoms with Gasteiger partial charge in [-0.3, -0.25) is 4.79 Å². The molecule has 5 nitrogen and oxygen atoms in total. The van der Waals surface area contributed by atoms with E-state index in [0.29, 0.717) is 30.1 Å². The second kappa shape index (κ2) is 7.85. The number of hydrogen-bond donors (Lipinski definition) is 1. The van der Waals surface area contributed by atoms with Crippen molar-refractivity contribution >= 4 is 33.2 Å². The van der Waals surface area contributed by atoms with Gasteiger partial charge in [-0.2, -0.15) is 4.31 Å². The van der Waals surface area contributed by atoms with Crippen LogP contribution in [0.3, 0.4) is 0 Å². The molecule has 1 fully saturated rings. The maximum Gasteiger partial charge on any atom is 0.243 e. The van der Waals surface area contributed by atoms with Crippen molar-refractivity contribution in [2.24, 2.45) is 0 Å². The number of amides is 1. The van der Waals surface area contributed by atoms with Crippen LogP contribution in [-0.2, 0) is 20.2 Å². The number of rotatable bonds is 4. The van der Waals surface area contributed by atoms with Crippen molar-refractivity contribution in [2.75, 3.05) is 11.9 Å². The van der Waals surface area contributed by atoms with E-state index >= 15 is 0 Å². The molecule has 1 saturated heterocycles. The molecular formula is C21H25ClN2O3S. The zero-order chi connectivity index (χ0) is 20.5. The van der Waals surface area contributed by atoms with Crippen LogP contribution in [0.15, 0.2) is 53.4 Å². The van der Waals surface area contributed by atoms with Crippen molar-refractivity contribution in [2.45, 2.75) is 50.0 Å². The average molecular weight is 421 g/mol. The molecule has 0 radical (unpaired) electrons. The quantitative estimate of drug-likeness (QED) is 0.795. The Morgan fingerprint density at radius 1 is 1.07 bits per heavy atom. The molecule has 1 aliphatic heterocycles. The van der Waals surface area contributed by atoms with Crippen LogP contribution in [0, 0.1) is 0 Å². The van der Waals surface area contributed by atoms with E-state index in [4.69, 9.17) is 11.6 Å². The summed E-state index contributed by atoms with van der Waals surface area (Å²) in [7, 11) is -3.75. The highest BCUT2D eigenvalue weighted by Crippen LogP contribution is 2.28. The Hall–Kier alpha value is -1.89. The molecular weight excluding hydrogens is 396 g/mol. The molecule has 7 heteroatoms. The molecule has 0 saturated carbocycles. The number of hydrogen-bond acceptors (Lipinski definition) is 3. The van der Waals surface area contributed by atoms with Gasteiger partial charge in [0.25, 0.3) is 0 Å². The number of sulfonamides is 1. The Bertz CT molecular complexity index is 949. The first-order chi connectivity index (χ1) is 13.1. The van der Waals surface area contributed by atoms with Gasteiger partial charge >= 0.3 is 0 Å². The zero-order valence-corrected chi connectivity index (χ0v) is 17.8. The minimum atomic E-state index is -3.75. The third-order valence-corrected chi connectivity index (χ3v) is 7.12. The molecule has 2 aromatic rings. The van der Waals surface area contributed by atoms with Crippen LogP contribution in [-0.4, -0.2) is 31.2 Å². The minimum absolute atomic E-state index is 0.0252. The molecule has 28 heavy (non-hydrogen) atoms. The van der Waals surface area contributed by atoms with Crippen LogP contribution in [0.4, 0.5) is 5.69 Å². The summed E-state index contributed by atoms with van der Waals surface area (Å²) < 4.78 is 27.2. The number of halogens is 1. The smallest absolute Gasteiger partial charge is 0.243 e. The fraction of sp³-hybridized carbons (Fsp3) is 0.381. The summed E-state index contributed by atoms with van der Waals surface area (Å²) in [6.45, 7) is 6.70. The molecule has 3 rings (SSSR count). The van der Waals surface area contributed by atoms with Crippen molar-refractivity contribution in [1.29, 1.82) is 0 Å². The zero-order valence-electron chi connectivity index (χ0n) is 16.3. The van der Waals surface area contributed by atoms with Crippen LogP contribution in [0.1, 0.15) is 39.2 Å². The lowest BCUT2D eigenvalue weighted by Crippen LogP contribution is -2.43. The molecule has 1 atom stereocenters. The van der Waals surface area contributed by atoms with Crippen LogP contribution < -0.4 is 5.32 Å². The van der Waals surface area contributed by atoms with Gasteiger partial charge in [0.2, 0.25) is 15.9 Å². The van der Waals surface area contributed by atoms with Gasteiger partial charge in [-0.25, -0.2) is 8.42 Å². The van der Waals surface area contributed by atoms with E-state index in [1.54, 1.807) is 0 Å². The molecule has 1 N–H and O–H groups in total. The summed E-state index contributed by atoms with van der Waals surface area (Å²) in [5, 5.41) is 3.33. The van der Waals surface area contributed by atoms with Gasteiger partial charge in [-0.1, -0.05) is 44.5 Å². The minimum Gasteiger partial charge on any atom is -0.325 e. The topological polar surface area (TPSA) is 66.5 Å². The highest BCUT2D eigenvalue weighted by atomic mass is 35.5. The molecule has 1 aliphatic rings. The van der Waals surface area contributed by atoms with Crippen molar-refractivity contribution in [3.8, 4) is 0 Å². The van der Waals surface area contributed by atoms with Gasteiger partial charge in [-0.15, -0.1) is 0 Å². The normalized spacial score (nSPS) is 18.2. The van der Waals surface area contributed by atoms with E-state index in [2.05, 4.69) is 26.1 Å². The number of benzene rings is 2. The number of nitrogens with one attached hydrogen (secondary N) is 1. The highest BCUT2D eigenvalue weighted by Gasteiger charge is 2.39. The fourth-order valence-electron chi connectivity index (χ4n) is 3.31. The first kappa shape index (κ1) is 20.8. The predicted octanol–water partition coefficient (Wildman–Crippen LogP) is 4.43. The van der Waals surface area contributed by atoms with Gasteiger partial charge in [0, 0.05) is 17.3 Å². The SMILES string of the molecule is CC(C)(C)c1ccc(NC(=O)[C@@H]2CCCN2S(=O)(=O)c2ccc(Cl)cc2)cc1. The molecule has 0 unspecified atom stereocenters. The second-order valence-corrected chi connectivity index (χ2v) is 10.4. The lowest BCUT2D eigenvalue weighted by atomic mass is 9.87. The Morgan fingerprint density at radius 3 is 2.25 bits per heavy atom. The van der Waals surface area contributed by atoms with Crippen molar-refractivity contribution < 1.29 is 13.2 Å². The summed E-state index contributed by atoms with van der Waals surface area (Å²) in [5.74, 6) is -0.307. The summed E-state index contributed by atoms with van der Waals surface area (Å²) in [6.07, 6.45) is 1.15. The number of carbonyl (C=O) groups is 1. The van der Waals surface area contributed by atoms with Crippen LogP contribution in [0.5, 0.6) is 0 Å². The first-order valence-electron chi connectivity index (χ1n) is 9.28. The van der Waals surface area contributed by atoms with Gasteiger partial charge in [0.15, 0.2) is 0 Å². The summed E-state index contributed by atoms with van der Waals surface area (Å²) >= 11 is 5.86. The van der Waals surface area contributed by atoms with Crippen molar-refractivity contribution in [1.82, 2.24) is 4.31 Å². The Labute approximate surface area is 171 Å². The molecule has 2 aromatic carbocycles. The van der Waals surface area contributed by atoms with E-state index in [-0.39, 0.29) is 16.2 Å². The third-order valence-electron chi connectivity index (χ3n) is 4.95. The molecule has 1 amide bonds. The van der Waals surface area contributed by atoms with Gasteiger partial charge in [0.05, 0.1) is 4.90 Å². The molecule has 150 valence electrons. The summed E-state index contributed by atoms with van der Waals surface area (Å²) in [6, 6.07) is 13.0. The Morgan fingerprint density at radius 2 is 1.68 bits per heavy atom. The van der Waals surface area contributed by atoms with Crippen molar-refractivity contribution in [3.63, 3.8) is 0 Å². The predicted molar refractivity (Wildman–Crippen MR) is 112 cm³/mol. The van der Waals surface area contributed by atoms with E-state index in [1.165, 1.54) is 34.1 Å². The van der Waals surface area contributed by atoms with Gasteiger partial charge in [-0.05, 0) is 60.2 Å². The van der Waals surface area contributed by atoms with E-state index in [9.17, 15) is 13.2 Å². The standard InChI is InChI=1S/C21H25ClN2O3S/c1-21(2,3)15-6-10-17(11-7-15)23-20(25)19-5-4-14-24(19)28(26,27)18-12-8-16(22)9-13-18/h6-13,19H,4-5,14H2,1-3H3,(H,23,25)/t19-/m0/s1. The maximum absolute atomic E-state index is 13.0. The van der Waals surface area contributed by atoms with Crippen LogP contribution in [0.25, 0.3) is 0 Å². The number of anilines is 1. The summed E-state index contributed by atoms with van der Waals surface area (Å²) in [4.78, 5) is 12.9. The monoisotopic (exact) mass is 420 g/mol. The maximum atomic E-state index is 13.0. The largest absolute Gasteiger partial charge is 0.325 e.